The third-order valence-corrected chi connectivity index (χ3v) is 5.12. The Bertz CT molecular complexity index is 356. The first kappa shape index (κ1) is 18.5. The molecular weight excluding hydrogens is 260 g/mol. The predicted octanol–water partition coefficient (Wildman–Crippen LogP) is 4.11. The van der Waals surface area contributed by atoms with Crippen molar-refractivity contribution in [1.82, 2.24) is 10.2 Å². The summed E-state index contributed by atoms with van der Waals surface area (Å²) in [7, 11) is 0. The van der Waals surface area contributed by atoms with Crippen LogP contribution in [0.15, 0.2) is 0 Å². The fourth-order valence-electron chi connectivity index (χ4n) is 3.63. The van der Waals surface area contributed by atoms with Gasteiger partial charge in [-0.15, -0.1) is 0 Å². The van der Waals surface area contributed by atoms with E-state index in [0.717, 1.165) is 25.8 Å². The van der Waals surface area contributed by atoms with Gasteiger partial charge in [-0.25, -0.2) is 0 Å². The molecule has 0 spiro atoms. The Morgan fingerprint density at radius 2 is 1.71 bits per heavy atom. The Balaban J connectivity index is 3.01. The second kappa shape index (κ2) is 6.68. The Hall–Kier alpha value is -0.570. The summed E-state index contributed by atoms with van der Waals surface area (Å²) in [6, 6.07) is 0. The van der Waals surface area contributed by atoms with Crippen molar-refractivity contribution in [2.24, 2.45) is 0 Å². The second-order valence-corrected chi connectivity index (χ2v) is 7.96. The summed E-state index contributed by atoms with van der Waals surface area (Å²) in [5.41, 5.74) is -0.465. The topological polar surface area (TPSA) is 32.3 Å². The largest absolute Gasteiger partial charge is 0.334 e. The van der Waals surface area contributed by atoms with Gasteiger partial charge in [-0.3, -0.25) is 10.1 Å². The zero-order valence-corrected chi connectivity index (χ0v) is 15.3. The van der Waals surface area contributed by atoms with Gasteiger partial charge in [0, 0.05) is 17.6 Å². The molecule has 1 amide bonds. The molecule has 1 heterocycles. The zero-order chi connectivity index (χ0) is 16.3. The maximum atomic E-state index is 13.1. The molecule has 0 aromatic carbocycles. The molecule has 0 radical (unpaired) electrons. The van der Waals surface area contributed by atoms with Gasteiger partial charge in [0.2, 0.25) is 5.91 Å². The van der Waals surface area contributed by atoms with Crippen molar-refractivity contribution < 1.29 is 4.79 Å². The maximum Gasteiger partial charge on any atom is 0.243 e. The quantitative estimate of drug-likeness (QED) is 0.717. The summed E-state index contributed by atoms with van der Waals surface area (Å²) >= 11 is 0. The number of unbranched alkanes of at least 4 members (excludes halogenated alkanes) is 2. The van der Waals surface area contributed by atoms with Crippen LogP contribution in [0.1, 0.15) is 87.0 Å². The van der Waals surface area contributed by atoms with Crippen LogP contribution in [0.2, 0.25) is 0 Å². The van der Waals surface area contributed by atoms with Crippen LogP contribution in [0, 0.1) is 0 Å². The van der Waals surface area contributed by atoms with Crippen molar-refractivity contribution in [3.8, 4) is 0 Å². The second-order valence-electron chi connectivity index (χ2n) is 7.96. The molecule has 0 unspecified atom stereocenters. The van der Waals surface area contributed by atoms with Gasteiger partial charge in [0.25, 0.3) is 0 Å². The highest BCUT2D eigenvalue weighted by Crippen LogP contribution is 2.34. The molecule has 1 aliphatic rings. The molecule has 0 aromatic heterocycles. The minimum absolute atomic E-state index is 0.0258. The number of nitrogens with one attached hydrogen (secondary N) is 1. The normalized spacial score (nSPS) is 21.7. The van der Waals surface area contributed by atoms with Crippen molar-refractivity contribution in [2.45, 2.75) is 104 Å². The third kappa shape index (κ3) is 4.00. The average Bonchev–Trinajstić information content (AvgIpc) is 2.41. The van der Waals surface area contributed by atoms with Crippen molar-refractivity contribution in [2.75, 3.05) is 6.54 Å². The van der Waals surface area contributed by atoms with Crippen molar-refractivity contribution in [3.63, 3.8) is 0 Å². The molecule has 0 bridgehead atoms. The summed E-state index contributed by atoms with van der Waals surface area (Å²) in [6.07, 6.45) is 6.48. The van der Waals surface area contributed by atoms with E-state index in [1.54, 1.807) is 0 Å². The molecule has 124 valence electrons. The lowest BCUT2D eigenvalue weighted by Gasteiger charge is -2.54. The molecule has 1 N–H and O–H groups in total. The van der Waals surface area contributed by atoms with Gasteiger partial charge in [-0.05, 0) is 47.0 Å². The third-order valence-electron chi connectivity index (χ3n) is 5.12. The van der Waals surface area contributed by atoms with E-state index in [0.29, 0.717) is 5.91 Å². The van der Waals surface area contributed by atoms with Gasteiger partial charge >= 0.3 is 0 Å². The summed E-state index contributed by atoms with van der Waals surface area (Å²) < 4.78 is 0. The van der Waals surface area contributed by atoms with E-state index in [2.05, 4.69) is 58.7 Å². The van der Waals surface area contributed by atoms with Crippen LogP contribution >= 0.6 is 0 Å². The standard InChI is InChI=1S/C18H36N2O/c1-8-11-12-13-17(6,7)20-14-16(4,5)19-18(9-2,10-3)15(20)21/h19H,8-14H2,1-7H3. The Labute approximate surface area is 131 Å². The smallest absolute Gasteiger partial charge is 0.243 e. The lowest BCUT2D eigenvalue weighted by Crippen LogP contribution is -2.74. The van der Waals surface area contributed by atoms with E-state index in [1.165, 1.54) is 19.3 Å². The number of piperazine rings is 1. The molecule has 0 atom stereocenters. The van der Waals surface area contributed by atoms with E-state index in [9.17, 15) is 4.79 Å². The molecular formula is C18H36N2O. The molecule has 0 aromatic rings. The number of carbonyl (C=O) groups is 1. The molecule has 3 nitrogen and oxygen atoms in total. The van der Waals surface area contributed by atoms with Crippen LogP contribution < -0.4 is 5.32 Å². The Morgan fingerprint density at radius 1 is 1.14 bits per heavy atom. The summed E-state index contributed by atoms with van der Waals surface area (Å²) in [5, 5.41) is 3.63. The molecule has 1 fully saturated rings. The molecule has 1 saturated heterocycles. The van der Waals surface area contributed by atoms with Gasteiger partial charge in [0.05, 0.1) is 5.54 Å². The summed E-state index contributed by atoms with van der Waals surface area (Å²) in [5.74, 6) is 0.299. The monoisotopic (exact) mass is 296 g/mol. The lowest BCUT2D eigenvalue weighted by molar-refractivity contribution is -0.153. The van der Waals surface area contributed by atoms with E-state index in [1.807, 2.05) is 0 Å². The van der Waals surface area contributed by atoms with Crippen molar-refractivity contribution in [3.05, 3.63) is 0 Å². The first-order chi connectivity index (χ1) is 9.64. The van der Waals surface area contributed by atoms with Gasteiger partial charge in [-0.2, -0.15) is 0 Å². The molecule has 1 aliphatic heterocycles. The number of amides is 1. The van der Waals surface area contributed by atoms with Crippen molar-refractivity contribution in [1.29, 1.82) is 0 Å². The highest BCUT2D eigenvalue weighted by Gasteiger charge is 2.50. The number of rotatable bonds is 7. The van der Waals surface area contributed by atoms with E-state index in [4.69, 9.17) is 0 Å². The molecule has 0 aliphatic carbocycles. The van der Waals surface area contributed by atoms with Crippen LogP contribution in [-0.4, -0.2) is 34.0 Å². The van der Waals surface area contributed by atoms with E-state index >= 15 is 0 Å². The maximum absolute atomic E-state index is 13.1. The first-order valence-corrected chi connectivity index (χ1v) is 8.75. The Morgan fingerprint density at radius 3 is 2.19 bits per heavy atom. The highest BCUT2D eigenvalue weighted by atomic mass is 16.2. The summed E-state index contributed by atoms with van der Waals surface area (Å²) in [4.78, 5) is 15.3. The first-order valence-electron chi connectivity index (χ1n) is 8.75. The highest BCUT2D eigenvalue weighted by molar-refractivity contribution is 5.88. The molecule has 3 heteroatoms. The van der Waals surface area contributed by atoms with Gasteiger partial charge in [0.1, 0.15) is 0 Å². The van der Waals surface area contributed by atoms with Gasteiger partial charge < -0.3 is 4.90 Å². The van der Waals surface area contributed by atoms with Crippen LogP contribution in [0.4, 0.5) is 0 Å². The van der Waals surface area contributed by atoms with Crippen LogP contribution in [0.5, 0.6) is 0 Å². The number of hydrogen-bond donors (Lipinski definition) is 1. The lowest BCUT2D eigenvalue weighted by atomic mass is 9.80. The molecule has 21 heavy (non-hydrogen) atoms. The fraction of sp³-hybridized carbons (Fsp3) is 0.944. The fourth-order valence-corrected chi connectivity index (χ4v) is 3.63. The SMILES string of the molecule is CCCCCC(C)(C)N1CC(C)(C)NC(CC)(CC)C1=O. The van der Waals surface area contributed by atoms with E-state index < -0.39 is 0 Å². The number of carbonyl (C=O) groups excluding carboxylic acids is 1. The van der Waals surface area contributed by atoms with Gasteiger partial charge in [0.15, 0.2) is 0 Å². The van der Waals surface area contributed by atoms with Crippen LogP contribution in [0.25, 0.3) is 0 Å². The van der Waals surface area contributed by atoms with Crippen LogP contribution in [0.3, 0.4) is 0 Å². The molecule has 1 rings (SSSR count). The summed E-state index contributed by atoms with van der Waals surface area (Å²) in [6.45, 7) is 16.2. The Kier molecular flexibility index (Phi) is 5.88. The zero-order valence-electron chi connectivity index (χ0n) is 15.3. The number of hydrogen-bond acceptors (Lipinski definition) is 2. The average molecular weight is 296 g/mol. The minimum Gasteiger partial charge on any atom is -0.334 e. The molecule has 0 saturated carbocycles. The predicted molar refractivity (Wildman–Crippen MR) is 90.5 cm³/mol. The van der Waals surface area contributed by atoms with Gasteiger partial charge in [-0.1, -0.05) is 40.0 Å². The van der Waals surface area contributed by atoms with Crippen molar-refractivity contribution >= 4 is 5.91 Å². The minimum atomic E-state index is -0.385. The van der Waals surface area contributed by atoms with E-state index in [-0.39, 0.29) is 16.6 Å². The van der Waals surface area contributed by atoms with Crippen LogP contribution in [-0.2, 0) is 4.79 Å². The number of nitrogens with zero attached hydrogens (tertiary/aromatic N) is 1.